The molecular weight excluding hydrogens is 218 g/mol. The van der Waals surface area contributed by atoms with E-state index in [1.54, 1.807) is 0 Å². The van der Waals surface area contributed by atoms with E-state index in [0.717, 1.165) is 18.2 Å². The zero-order valence-electron chi connectivity index (χ0n) is 10.0. The molecule has 2 saturated carbocycles. The Bertz CT molecular complexity index is 244. The van der Waals surface area contributed by atoms with Crippen LogP contribution in [0.4, 0.5) is 0 Å². The number of hydrogen-bond donors (Lipinski definition) is 2. The molecule has 2 aliphatic carbocycles. The molecule has 0 aromatic carbocycles. The molecule has 0 heterocycles. The van der Waals surface area contributed by atoms with Gasteiger partial charge in [-0.25, -0.2) is 0 Å². The van der Waals surface area contributed by atoms with Crippen LogP contribution in [-0.2, 0) is 4.79 Å². The molecule has 2 aliphatic rings. The first-order valence-corrected chi connectivity index (χ1v) is 7.25. The lowest BCUT2D eigenvalue weighted by Crippen LogP contribution is -2.28. The van der Waals surface area contributed by atoms with E-state index in [4.69, 9.17) is 0 Å². The highest BCUT2D eigenvalue weighted by Crippen LogP contribution is 2.49. The predicted molar refractivity (Wildman–Crippen MR) is 69.7 cm³/mol. The molecule has 16 heavy (non-hydrogen) atoms. The summed E-state index contributed by atoms with van der Waals surface area (Å²) in [5.74, 6) is 1.98. The molecule has 0 aliphatic heterocycles. The molecule has 0 spiro atoms. The summed E-state index contributed by atoms with van der Waals surface area (Å²) >= 11 is 4.32. The van der Waals surface area contributed by atoms with E-state index in [0.29, 0.717) is 6.42 Å². The Labute approximate surface area is 104 Å². The van der Waals surface area contributed by atoms with E-state index >= 15 is 0 Å². The van der Waals surface area contributed by atoms with Gasteiger partial charge in [-0.15, -0.1) is 0 Å². The van der Waals surface area contributed by atoms with Gasteiger partial charge < -0.3 is 5.32 Å². The SMILES string of the molecule is O=C(CC1(CS)CC1)NCCC1CCCC1. The minimum Gasteiger partial charge on any atom is -0.356 e. The average Bonchev–Trinajstić information content (AvgIpc) is 2.85. The molecule has 0 aromatic heterocycles. The summed E-state index contributed by atoms with van der Waals surface area (Å²) in [7, 11) is 0. The van der Waals surface area contributed by atoms with Crippen molar-refractivity contribution in [2.24, 2.45) is 11.3 Å². The summed E-state index contributed by atoms with van der Waals surface area (Å²) in [4.78, 5) is 11.7. The second-order valence-electron chi connectivity index (χ2n) is 5.62. The molecule has 2 fully saturated rings. The third-order valence-electron chi connectivity index (χ3n) is 4.18. The van der Waals surface area contributed by atoms with Crippen molar-refractivity contribution in [3.05, 3.63) is 0 Å². The zero-order valence-corrected chi connectivity index (χ0v) is 10.9. The van der Waals surface area contributed by atoms with Crippen LogP contribution in [0.3, 0.4) is 0 Å². The monoisotopic (exact) mass is 241 g/mol. The molecule has 0 bridgehead atoms. The topological polar surface area (TPSA) is 29.1 Å². The molecule has 92 valence electrons. The van der Waals surface area contributed by atoms with E-state index in [1.165, 1.54) is 44.9 Å². The van der Waals surface area contributed by atoms with Gasteiger partial charge in [-0.1, -0.05) is 25.7 Å². The first-order chi connectivity index (χ1) is 7.74. The summed E-state index contributed by atoms with van der Waals surface area (Å²) in [5, 5.41) is 3.07. The fourth-order valence-corrected chi connectivity index (χ4v) is 3.11. The average molecular weight is 241 g/mol. The van der Waals surface area contributed by atoms with Gasteiger partial charge in [-0.05, 0) is 36.3 Å². The van der Waals surface area contributed by atoms with E-state index < -0.39 is 0 Å². The molecule has 2 nitrogen and oxygen atoms in total. The molecule has 0 aromatic rings. The highest BCUT2D eigenvalue weighted by molar-refractivity contribution is 7.80. The summed E-state index contributed by atoms with van der Waals surface area (Å²) in [6, 6.07) is 0. The van der Waals surface area contributed by atoms with Crippen molar-refractivity contribution in [3.8, 4) is 0 Å². The highest BCUT2D eigenvalue weighted by atomic mass is 32.1. The fraction of sp³-hybridized carbons (Fsp3) is 0.923. The van der Waals surface area contributed by atoms with Crippen LogP contribution in [0, 0.1) is 11.3 Å². The van der Waals surface area contributed by atoms with Crippen LogP contribution in [0.15, 0.2) is 0 Å². The quantitative estimate of drug-likeness (QED) is 0.688. The first-order valence-electron chi connectivity index (χ1n) is 6.62. The van der Waals surface area contributed by atoms with Crippen LogP contribution in [0.25, 0.3) is 0 Å². The normalized spacial score (nSPS) is 23.3. The summed E-state index contributed by atoms with van der Waals surface area (Å²) in [5.41, 5.74) is 0.264. The molecule has 1 N–H and O–H groups in total. The number of rotatable bonds is 6. The maximum atomic E-state index is 11.7. The Morgan fingerprint density at radius 3 is 2.56 bits per heavy atom. The lowest BCUT2D eigenvalue weighted by atomic mass is 10.0. The molecule has 3 heteroatoms. The molecule has 0 unspecified atom stereocenters. The van der Waals surface area contributed by atoms with Gasteiger partial charge in [0, 0.05) is 13.0 Å². The largest absolute Gasteiger partial charge is 0.356 e. The Hall–Kier alpha value is -0.180. The van der Waals surface area contributed by atoms with Crippen molar-refractivity contribution in [3.63, 3.8) is 0 Å². The summed E-state index contributed by atoms with van der Waals surface area (Å²) < 4.78 is 0. The summed E-state index contributed by atoms with van der Waals surface area (Å²) in [6.45, 7) is 0.881. The number of amides is 1. The maximum Gasteiger partial charge on any atom is 0.220 e. The van der Waals surface area contributed by atoms with Crippen LogP contribution in [-0.4, -0.2) is 18.2 Å². The molecule has 0 radical (unpaired) electrons. The van der Waals surface area contributed by atoms with Gasteiger partial charge in [-0.2, -0.15) is 12.6 Å². The van der Waals surface area contributed by atoms with E-state index in [9.17, 15) is 4.79 Å². The van der Waals surface area contributed by atoms with Crippen molar-refractivity contribution in [2.45, 2.75) is 51.4 Å². The van der Waals surface area contributed by atoms with Crippen LogP contribution in [0.2, 0.25) is 0 Å². The molecule has 2 rings (SSSR count). The summed E-state index contributed by atoms with van der Waals surface area (Å²) in [6.07, 6.45) is 9.77. The number of nitrogens with one attached hydrogen (secondary N) is 1. The number of carbonyl (C=O) groups excluding carboxylic acids is 1. The van der Waals surface area contributed by atoms with E-state index in [1.807, 2.05) is 0 Å². The third-order valence-corrected chi connectivity index (χ3v) is 4.85. The van der Waals surface area contributed by atoms with Gasteiger partial charge in [-0.3, -0.25) is 4.79 Å². The molecular formula is C13H23NOS. The van der Waals surface area contributed by atoms with Crippen molar-refractivity contribution in [1.82, 2.24) is 5.32 Å². The minimum absolute atomic E-state index is 0.240. The van der Waals surface area contributed by atoms with Gasteiger partial charge in [0.1, 0.15) is 0 Å². The standard InChI is InChI=1S/C13H23NOS/c15-12(9-13(10-16)6-7-13)14-8-5-11-3-1-2-4-11/h11,16H,1-10H2,(H,14,15). The Balaban J connectivity index is 1.57. The van der Waals surface area contributed by atoms with Gasteiger partial charge in [0.15, 0.2) is 0 Å². The Morgan fingerprint density at radius 2 is 2.00 bits per heavy atom. The maximum absolute atomic E-state index is 11.7. The van der Waals surface area contributed by atoms with Crippen molar-refractivity contribution >= 4 is 18.5 Å². The van der Waals surface area contributed by atoms with Crippen molar-refractivity contribution < 1.29 is 4.79 Å². The number of hydrogen-bond acceptors (Lipinski definition) is 2. The second kappa shape index (κ2) is 5.44. The first kappa shape index (κ1) is 12.3. The minimum atomic E-state index is 0.240. The molecule has 1 amide bonds. The van der Waals surface area contributed by atoms with Crippen LogP contribution in [0.5, 0.6) is 0 Å². The number of thiol groups is 1. The lowest BCUT2D eigenvalue weighted by Gasteiger charge is -2.13. The van der Waals surface area contributed by atoms with Crippen molar-refractivity contribution in [1.29, 1.82) is 0 Å². The molecule has 0 saturated heterocycles. The van der Waals surface area contributed by atoms with E-state index in [2.05, 4.69) is 17.9 Å². The van der Waals surface area contributed by atoms with Gasteiger partial charge in [0.05, 0.1) is 0 Å². The van der Waals surface area contributed by atoms with E-state index in [-0.39, 0.29) is 11.3 Å². The Morgan fingerprint density at radius 1 is 1.31 bits per heavy atom. The third kappa shape index (κ3) is 3.41. The Kier molecular flexibility index (Phi) is 4.17. The van der Waals surface area contributed by atoms with Gasteiger partial charge in [0.25, 0.3) is 0 Å². The van der Waals surface area contributed by atoms with Crippen LogP contribution >= 0.6 is 12.6 Å². The fourth-order valence-electron chi connectivity index (χ4n) is 2.69. The van der Waals surface area contributed by atoms with Gasteiger partial charge in [0.2, 0.25) is 5.91 Å². The second-order valence-corrected chi connectivity index (χ2v) is 5.94. The molecule has 0 atom stereocenters. The lowest BCUT2D eigenvalue weighted by molar-refractivity contribution is -0.122. The number of carbonyl (C=O) groups is 1. The highest BCUT2D eigenvalue weighted by Gasteiger charge is 2.42. The van der Waals surface area contributed by atoms with Gasteiger partial charge >= 0.3 is 0 Å². The predicted octanol–water partition coefficient (Wildman–Crippen LogP) is 2.78. The van der Waals surface area contributed by atoms with Crippen LogP contribution < -0.4 is 5.32 Å². The van der Waals surface area contributed by atoms with Crippen molar-refractivity contribution in [2.75, 3.05) is 12.3 Å². The zero-order chi connectivity index (χ0) is 11.4. The smallest absolute Gasteiger partial charge is 0.220 e. The van der Waals surface area contributed by atoms with Crippen LogP contribution in [0.1, 0.15) is 51.4 Å².